The van der Waals surface area contributed by atoms with Crippen LogP contribution in [0.4, 0.5) is 5.69 Å². The summed E-state index contributed by atoms with van der Waals surface area (Å²) in [5.74, 6) is -0.187. The molecule has 0 bridgehead atoms. The van der Waals surface area contributed by atoms with E-state index in [9.17, 15) is 9.59 Å². The van der Waals surface area contributed by atoms with Gasteiger partial charge >= 0.3 is 0 Å². The van der Waals surface area contributed by atoms with Crippen LogP contribution in [-0.2, 0) is 9.59 Å². The van der Waals surface area contributed by atoms with Gasteiger partial charge in [0.15, 0.2) is 0 Å². The van der Waals surface area contributed by atoms with Crippen molar-refractivity contribution in [1.82, 2.24) is 4.90 Å². The van der Waals surface area contributed by atoms with E-state index in [0.717, 1.165) is 5.56 Å². The Morgan fingerprint density at radius 2 is 1.88 bits per heavy atom. The van der Waals surface area contributed by atoms with Crippen molar-refractivity contribution in [3.8, 4) is 5.75 Å². The number of nitrogens with zero attached hydrogens (tertiary/aromatic N) is 1. The van der Waals surface area contributed by atoms with Crippen LogP contribution in [0.5, 0.6) is 5.75 Å². The minimum absolute atomic E-state index is 0.117. The number of anilines is 1. The molecule has 2 aromatic carbocycles. The summed E-state index contributed by atoms with van der Waals surface area (Å²) in [6.07, 6.45) is 3.03. The summed E-state index contributed by atoms with van der Waals surface area (Å²) in [5.41, 5.74) is 1.24. The molecule has 26 heavy (non-hydrogen) atoms. The second-order valence-electron chi connectivity index (χ2n) is 5.48. The van der Waals surface area contributed by atoms with Gasteiger partial charge in [-0.15, -0.1) is 0 Å². The number of carbonyl (C=O) groups excluding carboxylic acids is 2. The number of ether oxygens (including phenoxy) is 1. The maximum absolute atomic E-state index is 12.2. The Hall–Kier alpha value is -2.50. The SMILES string of the molecule is COc1ccc(Cl)cc1NC(=O)CN(C)C(=O)/C=C/c1cccc(Cl)c1. The predicted octanol–water partition coefficient (Wildman–Crippen LogP) is 4.11. The lowest BCUT2D eigenvalue weighted by atomic mass is 10.2. The molecule has 0 heterocycles. The summed E-state index contributed by atoms with van der Waals surface area (Å²) in [6, 6.07) is 12.0. The van der Waals surface area contributed by atoms with Gasteiger partial charge in [-0.2, -0.15) is 0 Å². The van der Waals surface area contributed by atoms with Crippen molar-refractivity contribution in [3.05, 3.63) is 64.1 Å². The second-order valence-corrected chi connectivity index (χ2v) is 6.35. The summed E-state index contributed by atoms with van der Waals surface area (Å²) in [7, 11) is 3.04. The molecule has 0 atom stereocenters. The molecule has 136 valence electrons. The highest BCUT2D eigenvalue weighted by Crippen LogP contribution is 2.27. The number of hydrogen-bond acceptors (Lipinski definition) is 3. The van der Waals surface area contributed by atoms with Crippen molar-refractivity contribution >= 4 is 46.8 Å². The fraction of sp³-hybridized carbons (Fsp3) is 0.158. The third-order valence-electron chi connectivity index (χ3n) is 3.46. The lowest BCUT2D eigenvalue weighted by Crippen LogP contribution is -2.33. The molecule has 0 aliphatic carbocycles. The lowest BCUT2D eigenvalue weighted by Gasteiger charge is -2.16. The van der Waals surface area contributed by atoms with E-state index in [0.29, 0.717) is 21.5 Å². The molecule has 5 nitrogen and oxygen atoms in total. The standard InChI is InChI=1S/C19H18Cl2N2O3/c1-23(19(25)9-6-13-4-3-5-14(20)10-13)12-18(24)22-16-11-15(21)7-8-17(16)26-2/h3-11H,12H2,1-2H3,(H,22,24)/b9-6+. The van der Waals surface area contributed by atoms with E-state index in [-0.39, 0.29) is 18.4 Å². The van der Waals surface area contributed by atoms with E-state index in [4.69, 9.17) is 27.9 Å². The maximum atomic E-state index is 12.2. The quantitative estimate of drug-likeness (QED) is 0.752. The Morgan fingerprint density at radius 3 is 2.58 bits per heavy atom. The van der Waals surface area contributed by atoms with Crippen LogP contribution in [0.3, 0.4) is 0 Å². The number of hydrogen-bond donors (Lipinski definition) is 1. The van der Waals surface area contributed by atoms with E-state index in [1.54, 1.807) is 49.5 Å². The summed E-state index contributed by atoms with van der Waals surface area (Å²) in [4.78, 5) is 25.6. The highest BCUT2D eigenvalue weighted by atomic mass is 35.5. The first-order valence-electron chi connectivity index (χ1n) is 7.71. The molecule has 0 aliphatic rings. The van der Waals surface area contributed by atoms with Crippen LogP contribution in [0.2, 0.25) is 10.0 Å². The first-order chi connectivity index (χ1) is 12.4. The molecule has 0 saturated heterocycles. The van der Waals surface area contributed by atoms with Crippen molar-refractivity contribution in [2.75, 3.05) is 26.0 Å². The number of carbonyl (C=O) groups is 2. The number of likely N-dealkylation sites (N-methyl/N-ethyl adjacent to an activating group) is 1. The van der Waals surface area contributed by atoms with Gasteiger partial charge in [0.05, 0.1) is 19.3 Å². The average molecular weight is 393 g/mol. The molecule has 7 heteroatoms. The van der Waals surface area contributed by atoms with Gasteiger partial charge in [-0.1, -0.05) is 35.3 Å². The van der Waals surface area contributed by atoms with Crippen LogP contribution in [0, 0.1) is 0 Å². The number of amides is 2. The Kier molecular flexibility index (Phi) is 7.06. The monoisotopic (exact) mass is 392 g/mol. The zero-order valence-electron chi connectivity index (χ0n) is 14.3. The zero-order chi connectivity index (χ0) is 19.1. The van der Waals surface area contributed by atoms with Gasteiger partial charge in [0.1, 0.15) is 5.75 Å². The van der Waals surface area contributed by atoms with Crippen molar-refractivity contribution in [2.24, 2.45) is 0 Å². The van der Waals surface area contributed by atoms with Crippen molar-refractivity contribution in [2.45, 2.75) is 0 Å². The normalized spacial score (nSPS) is 10.6. The average Bonchev–Trinajstić information content (AvgIpc) is 2.59. The molecule has 0 radical (unpaired) electrons. The molecule has 2 amide bonds. The molecule has 0 unspecified atom stereocenters. The highest BCUT2D eigenvalue weighted by Gasteiger charge is 2.13. The van der Waals surface area contributed by atoms with Gasteiger partial charge in [0.2, 0.25) is 11.8 Å². The van der Waals surface area contributed by atoms with E-state index in [1.165, 1.54) is 18.1 Å². The number of methoxy groups -OCH3 is 1. The summed E-state index contributed by atoms with van der Waals surface area (Å²) < 4.78 is 5.17. The zero-order valence-corrected chi connectivity index (χ0v) is 15.8. The van der Waals surface area contributed by atoms with Crippen LogP contribution < -0.4 is 10.1 Å². The number of nitrogens with one attached hydrogen (secondary N) is 1. The smallest absolute Gasteiger partial charge is 0.246 e. The fourth-order valence-electron chi connectivity index (χ4n) is 2.17. The minimum atomic E-state index is -0.363. The van der Waals surface area contributed by atoms with E-state index >= 15 is 0 Å². The third kappa shape index (κ3) is 5.79. The van der Waals surface area contributed by atoms with Crippen LogP contribution in [0.15, 0.2) is 48.5 Å². The first kappa shape index (κ1) is 19.8. The van der Waals surface area contributed by atoms with Gasteiger partial charge in [0.25, 0.3) is 0 Å². The van der Waals surface area contributed by atoms with Gasteiger partial charge in [-0.3, -0.25) is 9.59 Å². The fourth-order valence-corrected chi connectivity index (χ4v) is 2.54. The Balaban J connectivity index is 1.96. The molecular formula is C19H18Cl2N2O3. The van der Waals surface area contributed by atoms with Crippen molar-refractivity contribution in [1.29, 1.82) is 0 Å². The van der Waals surface area contributed by atoms with Crippen LogP contribution in [0.25, 0.3) is 6.08 Å². The number of benzene rings is 2. The number of rotatable bonds is 6. The lowest BCUT2D eigenvalue weighted by molar-refractivity contribution is -0.129. The van der Waals surface area contributed by atoms with Crippen LogP contribution >= 0.6 is 23.2 Å². The summed E-state index contributed by atoms with van der Waals surface area (Å²) in [5, 5.41) is 3.74. The Morgan fingerprint density at radius 1 is 1.15 bits per heavy atom. The molecule has 0 spiro atoms. The Labute approximate surface area is 162 Å². The van der Waals surface area contributed by atoms with Gasteiger partial charge in [0, 0.05) is 23.2 Å². The largest absolute Gasteiger partial charge is 0.495 e. The van der Waals surface area contributed by atoms with Gasteiger partial charge < -0.3 is 15.0 Å². The Bertz CT molecular complexity index is 837. The summed E-state index contributed by atoms with van der Waals surface area (Å²) in [6.45, 7) is -0.117. The molecule has 0 fully saturated rings. The molecule has 0 aliphatic heterocycles. The van der Waals surface area contributed by atoms with Gasteiger partial charge in [-0.05, 0) is 42.0 Å². The van der Waals surface area contributed by atoms with Crippen molar-refractivity contribution in [3.63, 3.8) is 0 Å². The molecule has 0 aromatic heterocycles. The predicted molar refractivity (Wildman–Crippen MR) is 105 cm³/mol. The second kappa shape index (κ2) is 9.27. The van der Waals surface area contributed by atoms with E-state index in [2.05, 4.69) is 5.32 Å². The van der Waals surface area contributed by atoms with E-state index < -0.39 is 0 Å². The maximum Gasteiger partial charge on any atom is 0.246 e. The first-order valence-corrected chi connectivity index (χ1v) is 8.47. The topological polar surface area (TPSA) is 58.6 Å². The van der Waals surface area contributed by atoms with E-state index in [1.807, 2.05) is 6.07 Å². The van der Waals surface area contributed by atoms with Crippen LogP contribution in [-0.4, -0.2) is 37.4 Å². The molecule has 0 saturated carbocycles. The number of halogens is 2. The van der Waals surface area contributed by atoms with Gasteiger partial charge in [-0.25, -0.2) is 0 Å². The van der Waals surface area contributed by atoms with Crippen LogP contribution in [0.1, 0.15) is 5.56 Å². The highest BCUT2D eigenvalue weighted by molar-refractivity contribution is 6.31. The molecule has 2 aromatic rings. The molecular weight excluding hydrogens is 375 g/mol. The third-order valence-corrected chi connectivity index (χ3v) is 3.93. The molecule has 1 N–H and O–H groups in total. The molecule has 2 rings (SSSR count). The van der Waals surface area contributed by atoms with Crippen molar-refractivity contribution < 1.29 is 14.3 Å². The summed E-state index contributed by atoms with van der Waals surface area (Å²) >= 11 is 11.8. The minimum Gasteiger partial charge on any atom is -0.495 e.